The summed E-state index contributed by atoms with van der Waals surface area (Å²) in [6.45, 7) is 8.62. The van der Waals surface area contributed by atoms with E-state index in [0.717, 1.165) is 55.9 Å². The molecule has 1 saturated heterocycles. The van der Waals surface area contributed by atoms with E-state index in [-0.39, 0.29) is 11.8 Å². The van der Waals surface area contributed by atoms with Gasteiger partial charge < -0.3 is 10.1 Å². The van der Waals surface area contributed by atoms with Gasteiger partial charge in [0.15, 0.2) is 5.13 Å². The Hall–Kier alpha value is -1.50. The Balaban J connectivity index is 1.70. The summed E-state index contributed by atoms with van der Waals surface area (Å²) in [6.07, 6.45) is 1.72. The summed E-state index contributed by atoms with van der Waals surface area (Å²) < 4.78 is 6.52. The number of hydrogen-bond donors (Lipinski definition) is 1. The van der Waals surface area contributed by atoms with Crippen LogP contribution in [-0.2, 0) is 16.1 Å². The number of amides is 1. The van der Waals surface area contributed by atoms with E-state index in [9.17, 15) is 4.79 Å². The van der Waals surface area contributed by atoms with Gasteiger partial charge in [-0.15, -0.1) is 0 Å². The number of thiazole rings is 1. The van der Waals surface area contributed by atoms with Crippen LogP contribution in [0.2, 0.25) is 0 Å². The van der Waals surface area contributed by atoms with Crippen molar-refractivity contribution in [3.8, 4) is 0 Å². The Labute approximate surface area is 147 Å². The second-order valence-electron chi connectivity index (χ2n) is 6.21. The number of ether oxygens (including phenoxy) is 1. The molecule has 1 aliphatic rings. The molecule has 3 rings (SSSR count). The van der Waals surface area contributed by atoms with Gasteiger partial charge in [0.05, 0.1) is 23.4 Å². The van der Waals surface area contributed by atoms with Crippen LogP contribution in [0.15, 0.2) is 18.2 Å². The molecule has 0 saturated carbocycles. The molecule has 0 radical (unpaired) electrons. The number of morpholine rings is 1. The normalized spacial score (nSPS) is 16.0. The smallest absolute Gasteiger partial charge is 0.229 e. The third-order valence-electron chi connectivity index (χ3n) is 4.55. The summed E-state index contributed by atoms with van der Waals surface area (Å²) in [5, 5.41) is 3.68. The summed E-state index contributed by atoms with van der Waals surface area (Å²) in [7, 11) is 0. The number of rotatable bonds is 6. The van der Waals surface area contributed by atoms with Crippen LogP contribution in [0.4, 0.5) is 5.13 Å². The minimum Gasteiger partial charge on any atom is -0.379 e. The topological polar surface area (TPSA) is 54.5 Å². The number of hydrogen-bond acceptors (Lipinski definition) is 5. The molecule has 0 spiro atoms. The molecule has 1 aromatic carbocycles. The highest BCUT2D eigenvalue weighted by atomic mass is 32.1. The lowest BCUT2D eigenvalue weighted by Gasteiger charge is -2.26. The van der Waals surface area contributed by atoms with E-state index < -0.39 is 0 Å². The van der Waals surface area contributed by atoms with Crippen molar-refractivity contribution >= 4 is 32.6 Å². The highest BCUT2D eigenvalue weighted by Gasteiger charge is 2.16. The standard InChI is InChI=1S/C18H25N3O2S/c1-3-14(4-2)17(22)20-18-19-15-6-5-13(11-16(15)24-18)12-21-7-9-23-10-8-21/h5-6,11,14H,3-4,7-10,12H2,1-2H3,(H,19,20,22). The quantitative estimate of drug-likeness (QED) is 0.869. The minimum absolute atomic E-state index is 0.0638. The van der Waals surface area contributed by atoms with Crippen molar-refractivity contribution in [2.24, 2.45) is 5.92 Å². The van der Waals surface area contributed by atoms with E-state index in [2.05, 4.69) is 27.3 Å². The first kappa shape index (κ1) is 17.3. The molecular formula is C18H25N3O2S. The van der Waals surface area contributed by atoms with E-state index in [4.69, 9.17) is 4.74 Å². The van der Waals surface area contributed by atoms with Gasteiger partial charge in [-0.25, -0.2) is 4.98 Å². The van der Waals surface area contributed by atoms with Crippen LogP contribution < -0.4 is 5.32 Å². The number of benzene rings is 1. The molecule has 1 N–H and O–H groups in total. The third-order valence-corrected chi connectivity index (χ3v) is 5.48. The van der Waals surface area contributed by atoms with Crippen molar-refractivity contribution in [2.45, 2.75) is 33.2 Å². The number of anilines is 1. The van der Waals surface area contributed by atoms with E-state index in [1.165, 1.54) is 5.56 Å². The highest BCUT2D eigenvalue weighted by molar-refractivity contribution is 7.22. The Morgan fingerprint density at radius 3 is 2.79 bits per heavy atom. The monoisotopic (exact) mass is 347 g/mol. The predicted octanol–water partition coefficient (Wildman–Crippen LogP) is 3.50. The van der Waals surface area contributed by atoms with Crippen molar-refractivity contribution in [1.82, 2.24) is 9.88 Å². The van der Waals surface area contributed by atoms with Gasteiger partial charge in [-0.2, -0.15) is 0 Å². The van der Waals surface area contributed by atoms with Crippen LogP contribution in [0.25, 0.3) is 10.2 Å². The zero-order chi connectivity index (χ0) is 16.9. The molecule has 1 fully saturated rings. The number of fused-ring (bicyclic) bond motifs is 1. The van der Waals surface area contributed by atoms with Gasteiger partial charge in [0.25, 0.3) is 0 Å². The first-order valence-corrected chi connectivity index (χ1v) is 9.51. The molecule has 130 valence electrons. The molecule has 6 heteroatoms. The fourth-order valence-electron chi connectivity index (χ4n) is 3.01. The fraction of sp³-hybridized carbons (Fsp3) is 0.556. The highest BCUT2D eigenvalue weighted by Crippen LogP contribution is 2.28. The van der Waals surface area contributed by atoms with Crippen LogP contribution >= 0.6 is 11.3 Å². The molecule has 1 amide bonds. The first-order valence-electron chi connectivity index (χ1n) is 8.70. The zero-order valence-electron chi connectivity index (χ0n) is 14.4. The molecule has 2 heterocycles. The SMILES string of the molecule is CCC(CC)C(=O)Nc1nc2ccc(CN3CCOCC3)cc2s1. The number of nitrogens with one attached hydrogen (secondary N) is 1. The van der Waals surface area contributed by atoms with E-state index in [1.54, 1.807) is 11.3 Å². The first-order chi connectivity index (χ1) is 11.7. The molecule has 0 atom stereocenters. The molecule has 1 aromatic heterocycles. The Kier molecular flexibility index (Phi) is 5.81. The van der Waals surface area contributed by atoms with Gasteiger partial charge in [-0.3, -0.25) is 9.69 Å². The lowest BCUT2D eigenvalue weighted by Crippen LogP contribution is -2.35. The zero-order valence-corrected chi connectivity index (χ0v) is 15.2. The molecule has 1 aliphatic heterocycles. The van der Waals surface area contributed by atoms with Gasteiger partial charge in [0.1, 0.15) is 0 Å². The van der Waals surface area contributed by atoms with Crippen molar-refractivity contribution < 1.29 is 9.53 Å². The van der Waals surface area contributed by atoms with Crippen molar-refractivity contribution in [3.05, 3.63) is 23.8 Å². The third kappa shape index (κ3) is 4.12. The van der Waals surface area contributed by atoms with E-state index >= 15 is 0 Å². The second kappa shape index (κ2) is 8.05. The van der Waals surface area contributed by atoms with Crippen molar-refractivity contribution in [2.75, 3.05) is 31.6 Å². The lowest BCUT2D eigenvalue weighted by atomic mass is 10.0. The maximum Gasteiger partial charge on any atom is 0.229 e. The number of aromatic nitrogens is 1. The van der Waals surface area contributed by atoms with Gasteiger partial charge in [-0.1, -0.05) is 31.3 Å². The average Bonchev–Trinajstić information content (AvgIpc) is 2.98. The van der Waals surface area contributed by atoms with Gasteiger partial charge in [0, 0.05) is 25.6 Å². The Morgan fingerprint density at radius 1 is 1.33 bits per heavy atom. The van der Waals surface area contributed by atoms with Gasteiger partial charge in [0.2, 0.25) is 5.91 Å². The maximum atomic E-state index is 12.2. The van der Waals surface area contributed by atoms with Crippen LogP contribution in [-0.4, -0.2) is 42.1 Å². The van der Waals surface area contributed by atoms with Crippen LogP contribution in [0.3, 0.4) is 0 Å². The molecule has 24 heavy (non-hydrogen) atoms. The lowest BCUT2D eigenvalue weighted by molar-refractivity contribution is -0.120. The van der Waals surface area contributed by atoms with Crippen molar-refractivity contribution in [3.63, 3.8) is 0 Å². The average molecular weight is 347 g/mol. The summed E-state index contributed by atoms with van der Waals surface area (Å²) in [4.78, 5) is 19.2. The molecule has 0 bridgehead atoms. The summed E-state index contributed by atoms with van der Waals surface area (Å²) in [5.41, 5.74) is 2.23. The molecule has 2 aromatic rings. The van der Waals surface area contributed by atoms with Gasteiger partial charge in [-0.05, 0) is 30.5 Å². The largest absolute Gasteiger partial charge is 0.379 e. The second-order valence-corrected chi connectivity index (χ2v) is 7.24. The maximum absolute atomic E-state index is 12.2. The van der Waals surface area contributed by atoms with Crippen LogP contribution in [0.5, 0.6) is 0 Å². The Morgan fingerprint density at radius 2 is 2.08 bits per heavy atom. The van der Waals surface area contributed by atoms with Crippen LogP contribution in [0, 0.1) is 5.92 Å². The summed E-state index contributed by atoms with van der Waals surface area (Å²) in [6, 6.07) is 6.37. The van der Waals surface area contributed by atoms with E-state index in [0.29, 0.717) is 5.13 Å². The predicted molar refractivity (Wildman–Crippen MR) is 98.4 cm³/mol. The van der Waals surface area contributed by atoms with E-state index in [1.807, 2.05) is 19.9 Å². The number of carbonyl (C=O) groups is 1. The Bertz CT molecular complexity index is 691. The molecule has 0 unspecified atom stereocenters. The number of carbonyl (C=O) groups excluding carboxylic acids is 1. The molecular weight excluding hydrogens is 322 g/mol. The summed E-state index contributed by atoms with van der Waals surface area (Å²) in [5.74, 6) is 0.140. The summed E-state index contributed by atoms with van der Waals surface area (Å²) >= 11 is 1.55. The number of nitrogens with zero attached hydrogens (tertiary/aromatic N) is 2. The minimum atomic E-state index is 0.0638. The fourth-order valence-corrected chi connectivity index (χ4v) is 3.94. The van der Waals surface area contributed by atoms with Crippen LogP contribution in [0.1, 0.15) is 32.3 Å². The van der Waals surface area contributed by atoms with Gasteiger partial charge >= 0.3 is 0 Å². The molecule has 0 aliphatic carbocycles. The van der Waals surface area contributed by atoms with Crippen molar-refractivity contribution in [1.29, 1.82) is 0 Å². The molecule has 5 nitrogen and oxygen atoms in total.